The van der Waals surface area contributed by atoms with E-state index in [0.717, 1.165) is 16.9 Å². The zero-order valence-corrected chi connectivity index (χ0v) is 15.0. The van der Waals surface area contributed by atoms with E-state index in [2.05, 4.69) is 20.4 Å². The third-order valence-electron chi connectivity index (χ3n) is 3.67. The number of anilines is 1. The van der Waals surface area contributed by atoms with Crippen LogP contribution in [0.4, 0.5) is 5.82 Å². The van der Waals surface area contributed by atoms with Gasteiger partial charge in [0, 0.05) is 34.8 Å². The summed E-state index contributed by atoms with van der Waals surface area (Å²) < 4.78 is 10.7. The highest BCUT2D eigenvalue weighted by Gasteiger charge is 2.12. The molecule has 25 heavy (non-hydrogen) atoms. The van der Waals surface area contributed by atoms with Crippen LogP contribution >= 0.6 is 11.6 Å². The lowest BCUT2D eigenvalue weighted by Crippen LogP contribution is -2.03. The van der Waals surface area contributed by atoms with Gasteiger partial charge >= 0.3 is 0 Å². The number of hydrogen-bond acceptors (Lipinski definition) is 6. The Balaban J connectivity index is 1.76. The fourth-order valence-corrected chi connectivity index (χ4v) is 2.46. The molecule has 0 saturated heterocycles. The average Bonchev–Trinajstić information content (AvgIpc) is 3.11. The average molecular weight is 359 g/mol. The second-order valence-electron chi connectivity index (χ2n) is 5.85. The number of nitrogens with one attached hydrogen (secondary N) is 1. The first-order chi connectivity index (χ1) is 12.1. The van der Waals surface area contributed by atoms with E-state index in [-0.39, 0.29) is 5.92 Å². The fraction of sp³-hybridized carbons (Fsp3) is 0.278. The van der Waals surface area contributed by atoms with Crippen LogP contribution in [0.5, 0.6) is 5.75 Å². The number of halogens is 1. The minimum atomic E-state index is 0.217. The normalized spacial score (nSPS) is 10.9. The van der Waals surface area contributed by atoms with Crippen LogP contribution in [0.1, 0.15) is 31.2 Å². The van der Waals surface area contributed by atoms with Gasteiger partial charge < -0.3 is 14.6 Å². The largest absolute Gasteiger partial charge is 0.496 e. The molecule has 0 bridgehead atoms. The van der Waals surface area contributed by atoms with Crippen molar-refractivity contribution in [3.63, 3.8) is 0 Å². The molecular formula is C18H19ClN4O2. The van der Waals surface area contributed by atoms with Crippen molar-refractivity contribution in [2.75, 3.05) is 12.4 Å². The maximum absolute atomic E-state index is 5.99. The van der Waals surface area contributed by atoms with Crippen molar-refractivity contribution in [2.45, 2.75) is 26.3 Å². The number of aromatic nitrogens is 3. The molecule has 0 radical (unpaired) electrons. The van der Waals surface area contributed by atoms with E-state index in [9.17, 15) is 0 Å². The second kappa shape index (κ2) is 7.53. The summed E-state index contributed by atoms with van der Waals surface area (Å²) in [6.45, 7) is 4.60. The Morgan fingerprint density at radius 1 is 1.24 bits per heavy atom. The van der Waals surface area contributed by atoms with Crippen molar-refractivity contribution in [1.29, 1.82) is 0 Å². The molecule has 2 heterocycles. The second-order valence-corrected chi connectivity index (χ2v) is 6.29. The minimum absolute atomic E-state index is 0.217. The molecule has 0 saturated carbocycles. The number of rotatable bonds is 6. The van der Waals surface area contributed by atoms with Crippen LogP contribution in [0.2, 0.25) is 5.02 Å². The topological polar surface area (TPSA) is 73.1 Å². The van der Waals surface area contributed by atoms with Crippen LogP contribution in [-0.4, -0.2) is 22.2 Å². The van der Waals surface area contributed by atoms with E-state index in [1.165, 1.54) is 0 Å². The lowest BCUT2D eigenvalue weighted by molar-refractivity contribution is 0.410. The van der Waals surface area contributed by atoms with Crippen molar-refractivity contribution >= 4 is 17.4 Å². The molecule has 1 N–H and O–H groups in total. The van der Waals surface area contributed by atoms with E-state index in [4.69, 9.17) is 20.9 Å². The Bertz CT molecular complexity index is 864. The van der Waals surface area contributed by atoms with Crippen LogP contribution in [0.15, 0.2) is 41.1 Å². The van der Waals surface area contributed by atoms with Crippen molar-refractivity contribution in [3.05, 3.63) is 52.9 Å². The van der Waals surface area contributed by atoms with E-state index in [1.54, 1.807) is 19.4 Å². The number of ether oxygens (including phenoxy) is 1. The standard InChI is InChI=1S/C18H19ClN4O2/c1-11(2)17-22-18(25-23-17)12-6-7-20-16(8-12)21-10-13-4-5-14(19)9-15(13)24-3/h4-9,11H,10H2,1-3H3,(H,20,21). The molecule has 0 aliphatic carbocycles. The van der Waals surface area contributed by atoms with Crippen LogP contribution in [0.3, 0.4) is 0 Å². The molecule has 130 valence electrons. The van der Waals surface area contributed by atoms with Crippen molar-refractivity contribution < 1.29 is 9.26 Å². The molecule has 0 atom stereocenters. The van der Waals surface area contributed by atoms with Gasteiger partial charge in [0.25, 0.3) is 5.89 Å². The van der Waals surface area contributed by atoms with Gasteiger partial charge in [0.2, 0.25) is 0 Å². The van der Waals surface area contributed by atoms with Gasteiger partial charge in [-0.1, -0.05) is 36.7 Å². The number of nitrogens with zero attached hydrogens (tertiary/aromatic N) is 3. The minimum Gasteiger partial charge on any atom is -0.496 e. The maximum Gasteiger partial charge on any atom is 0.258 e. The van der Waals surface area contributed by atoms with E-state index in [1.807, 2.05) is 38.1 Å². The molecule has 0 fully saturated rings. The molecule has 0 unspecified atom stereocenters. The number of benzene rings is 1. The Kier molecular flexibility index (Phi) is 5.19. The highest BCUT2D eigenvalue weighted by molar-refractivity contribution is 6.30. The van der Waals surface area contributed by atoms with Crippen LogP contribution in [0, 0.1) is 0 Å². The summed E-state index contributed by atoms with van der Waals surface area (Å²) in [7, 11) is 1.62. The van der Waals surface area contributed by atoms with Gasteiger partial charge in [0.05, 0.1) is 7.11 Å². The van der Waals surface area contributed by atoms with Crippen LogP contribution in [0.25, 0.3) is 11.5 Å². The summed E-state index contributed by atoms with van der Waals surface area (Å²) in [5.41, 5.74) is 1.80. The Morgan fingerprint density at radius 2 is 2.08 bits per heavy atom. The lowest BCUT2D eigenvalue weighted by Gasteiger charge is -2.10. The quantitative estimate of drug-likeness (QED) is 0.697. The molecule has 6 nitrogen and oxygen atoms in total. The SMILES string of the molecule is COc1cc(Cl)ccc1CNc1cc(-c2nc(C(C)C)no2)ccn1. The zero-order chi connectivity index (χ0) is 17.8. The van der Waals surface area contributed by atoms with Crippen molar-refractivity contribution in [2.24, 2.45) is 0 Å². The van der Waals surface area contributed by atoms with E-state index < -0.39 is 0 Å². The van der Waals surface area contributed by atoms with Gasteiger partial charge in [0.15, 0.2) is 5.82 Å². The summed E-state index contributed by atoms with van der Waals surface area (Å²) in [4.78, 5) is 8.74. The first-order valence-corrected chi connectivity index (χ1v) is 8.31. The summed E-state index contributed by atoms with van der Waals surface area (Å²) >= 11 is 5.99. The molecular weight excluding hydrogens is 340 g/mol. The maximum atomic E-state index is 5.99. The summed E-state index contributed by atoms with van der Waals surface area (Å²) in [6.07, 6.45) is 1.70. The van der Waals surface area contributed by atoms with E-state index >= 15 is 0 Å². The molecule has 2 aromatic heterocycles. The zero-order valence-electron chi connectivity index (χ0n) is 14.3. The van der Waals surface area contributed by atoms with Gasteiger partial charge in [-0.15, -0.1) is 0 Å². The Morgan fingerprint density at radius 3 is 2.80 bits per heavy atom. The lowest BCUT2D eigenvalue weighted by atomic mass is 10.2. The Labute approximate surface area is 151 Å². The summed E-state index contributed by atoms with van der Waals surface area (Å²) in [5, 5.41) is 7.90. The number of pyridine rings is 1. The molecule has 0 spiro atoms. The first kappa shape index (κ1) is 17.2. The van der Waals surface area contributed by atoms with Gasteiger partial charge in [-0.05, 0) is 24.3 Å². The van der Waals surface area contributed by atoms with E-state index in [0.29, 0.717) is 29.1 Å². The third kappa shape index (κ3) is 4.09. The molecule has 0 aliphatic heterocycles. The summed E-state index contributed by atoms with van der Waals surface area (Å²) in [5.74, 6) is 2.83. The van der Waals surface area contributed by atoms with Gasteiger partial charge in [0.1, 0.15) is 11.6 Å². The highest BCUT2D eigenvalue weighted by Crippen LogP contribution is 2.25. The fourth-order valence-electron chi connectivity index (χ4n) is 2.30. The monoisotopic (exact) mass is 358 g/mol. The molecule has 3 aromatic rings. The van der Waals surface area contributed by atoms with Crippen molar-refractivity contribution in [3.8, 4) is 17.2 Å². The number of methoxy groups -OCH3 is 1. The molecule has 1 aromatic carbocycles. The molecule has 3 rings (SSSR count). The molecule has 0 aliphatic rings. The van der Waals surface area contributed by atoms with Crippen molar-refractivity contribution in [1.82, 2.24) is 15.1 Å². The highest BCUT2D eigenvalue weighted by atomic mass is 35.5. The third-order valence-corrected chi connectivity index (χ3v) is 3.91. The van der Waals surface area contributed by atoms with Gasteiger partial charge in [-0.25, -0.2) is 4.98 Å². The first-order valence-electron chi connectivity index (χ1n) is 7.93. The Hall–Kier alpha value is -2.60. The predicted molar refractivity (Wildman–Crippen MR) is 96.9 cm³/mol. The smallest absolute Gasteiger partial charge is 0.258 e. The molecule has 0 amide bonds. The number of hydrogen-bond donors (Lipinski definition) is 1. The van der Waals surface area contributed by atoms with Crippen LogP contribution < -0.4 is 10.1 Å². The van der Waals surface area contributed by atoms with Gasteiger partial charge in [-0.3, -0.25) is 0 Å². The predicted octanol–water partition coefficient (Wildman–Crippen LogP) is 4.53. The van der Waals surface area contributed by atoms with Gasteiger partial charge in [-0.2, -0.15) is 4.98 Å². The molecule has 7 heteroatoms. The summed E-state index contributed by atoms with van der Waals surface area (Å²) in [6, 6.07) is 9.25. The van der Waals surface area contributed by atoms with Crippen LogP contribution in [-0.2, 0) is 6.54 Å².